The predicted molar refractivity (Wildman–Crippen MR) is 237 cm³/mol. The maximum absolute atomic E-state index is 7.03. The van der Waals surface area contributed by atoms with E-state index in [2.05, 4.69) is 229 Å². The predicted octanol–water partition coefficient (Wildman–Crippen LogP) is 14.8. The van der Waals surface area contributed by atoms with E-state index in [9.17, 15) is 0 Å². The Bertz CT molecular complexity index is 3000. The molecule has 0 fully saturated rings. The molecular weight excluding hydrogens is 691 g/mol. The second-order valence-electron chi connectivity index (χ2n) is 14.8. The highest BCUT2D eigenvalue weighted by Crippen LogP contribution is 2.60. The van der Waals surface area contributed by atoms with Crippen LogP contribution in [0.25, 0.3) is 55.3 Å². The molecule has 0 N–H and O–H groups in total. The number of anilines is 3. The zero-order valence-electron chi connectivity index (χ0n) is 31.2. The van der Waals surface area contributed by atoms with Crippen molar-refractivity contribution in [1.82, 2.24) is 0 Å². The highest BCUT2D eigenvalue weighted by molar-refractivity contribution is 6.18. The van der Waals surface area contributed by atoms with E-state index in [0.29, 0.717) is 0 Å². The Morgan fingerprint density at radius 3 is 1.63 bits per heavy atom. The summed E-state index contributed by atoms with van der Waals surface area (Å²) in [5.41, 5.74) is 16.5. The van der Waals surface area contributed by atoms with E-state index in [0.717, 1.165) is 55.7 Å². The lowest BCUT2D eigenvalue weighted by Gasteiger charge is -2.34. The molecule has 0 saturated carbocycles. The van der Waals surface area contributed by atoms with Crippen LogP contribution in [0.5, 0.6) is 0 Å². The van der Waals surface area contributed by atoms with Crippen molar-refractivity contribution < 1.29 is 4.42 Å². The van der Waals surface area contributed by atoms with Crippen LogP contribution in [-0.4, -0.2) is 0 Å². The van der Waals surface area contributed by atoms with Crippen molar-refractivity contribution in [3.05, 3.63) is 247 Å². The van der Waals surface area contributed by atoms with E-state index >= 15 is 0 Å². The first-order valence-electron chi connectivity index (χ1n) is 19.6. The number of fused-ring (bicyclic) bond motifs is 7. The fraction of sp³-hybridized carbons (Fsp3) is 0.0182. The lowest BCUT2D eigenvalue weighted by atomic mass is 9.67. The summed E-state index contributed by atoms with van der Waals surface area (Å²) >= 11 is 0. The molecule has 2 nitrogen and oxygen atoms in total. The van der Waals surface area contributed by atoms with Gasteiger partial charge in [0, 0.05) is 33.4 Å². The van der Waals surface area contributed by atoms with Crippen LogP contribution in [0.4, 0.5) is 17.1 Å². The third-order valence-corrected chi connectivity index (χ3v) is 11.7. The molecule has 0 bridgehead atoms. The minimum atomic E-state index is -0.565. The minimum Gasteiger partial charge on any atom is -0.455 e. The monoisotopic (exact) mass is 727 g/mol. The molecule has 0 amide bonds. The van der Waals surface area contributed by atoms with E-state index in [1.165, 1.54) is 38.9 Å². The molecule has 2 heteroatoms. The van der Waals surface area contributed by atoms with Crippen molar-refractivity contribution in [3.63, 3.8) is 0 Å². The molecule has 0 radical (unpaired) electrons. The fourth-order valence-corrected chi connectivity index (χ4v) is 9.30. The number of nitrogens with zero attached hydrogens (tertiary/aromatic N) is 1. The maximum atomic E-state index is 7.03. The largest absolute Gasteiger partial charge is 0.455 e. The van der Waals surface area contributed by atoms with Crippen molar-refractivity contribution in [2.24, 2.45) is 0 Å². The van der Waals surface area contributed by atoms with Crippen LogP contribution in [0.15, 0.2) is 229 Å². The van der Waals surface area contributed by atoms with Crippen molar-refractivity contribution in [1.29, 1.82) is 0 Å². The molecule has 0 unspecified atom stereocenters. The molecular formula is C55H37NO. The van der Waals surface area contributed by atoms with Crippen LogP contribution >= 0.6 is 0 Å². The Balaban J connectivity index is 1.18. The first kappa shape index (κ1) is 33.0. The van der Waals surface area contributed by atoms with Gasteiger partial charge in [0.15, 0.2) is 0 Å². The summed E-state index contributed by atoms with van der Waals surface area (Å²) < 4.78 is 7.03. The number of para-hydroxylation sites is 2. The number of hydrogen-bond donors (Lipinski definition) is 0. The fourth-order valence-electron chi connectivity index (χ4n) is 9.30. The molecule has 1 heterocycles. The average Bonchev–Trinajstić information content (AvgIpc) is 3.82. The van der Waals surface area contributed by atoms with Crippen LogP contribution in [0.2, 0.25) is 0 Å². The summed E-state index contributed by atoms with van der Waals surface area (Å²) in [6, 6.07) is 81.0. The van der Waals surface area contributed by atoms with Gasteiger partial charge in [-0.3, -0.25) is 0 Å². The van der Waals surface area contributed by atoms with Crippen LogP contribution in [0.3, 0.4) is 0 Å². The number of rotatable bonds is 7. The van der Waals surface area contributed by atoms with Crippen LogP contribution in [-0.2, 0) is 5.41 Å². The molecule has 0 atom stereocenters. The summed E-state index contributed by atoms with van der Waals surface area (Å²) in [6.45, 7) is 0. The zero-order valence-corrected chi connectivity index (χ0v) is 31.2. The molecule has 0 spiro atoms. The van der Waals surface area contributed by atoms with E-state index in [1.807, 2.05) is 0 Å². The Kier molecular flexibility index (Phi) is 7.75. The van der Waals surface area contributed by atoms with Gasteiger partial charge in [0.1, 0.15) is 11.2 Å². The van der Waals surface area contributed by atoms with Gasteiger partial charge in [0.2, 0.25) is 0 Å². The first-order valence-corrected chi connectivity index (χ1v) is 19.6. The number of furan rings is 1. The van der Waals surface area contributed by atoms with Gasteiger partial charge in [-0.2, -0.15) is 0 Å². The minimum absolute atomic E-state index is 0.565. The topological polar surface area (TPSA) is 16.4 Å². The van der Waals surface area contributed by atoms with E-state index in [-0.39, 0.29) is 0 Å². The van der Waals surface area contributed by atoms with Gasteiger partial charge in [0.25, 0.3) is 0 Å². The van der Waals surface area contributed by atoms with Crippen LogP contribution in [0.1, 0.15) is 22.3 Å². The standard InChI is InChI=1S/C55H37NO/c1-5-18-38(19-6-1)39-32-34-44(35-33-39)56(43-25-11-4-12-26-43)45-27-17-20-40(36-45)48-37-50-53(54-52(48)47-29-14-16-31-51(47)57-54)46-28-13-15-30-49(46)55(50,41-21-7-2-8-22-41)42-23-9-3-10-24-42/h1-37H. The molecule has 11 rings (SSSR count). The smallest absolute Gasteiger partial charge is 0.144 e. The lowest BCUT2D eigenvalue weighted by Crippen LogP contribution is -2.28. The molecule has 0 saturated heterocycles. The molecule has 1 aromatic heterocycles. The number of hydrogen-bond acceptors (Lipinski definition) is 2. The zero-order chi connectivity index (χ0) is 37.8. The SMILES string of the molecule is c1ccc(-c2ccc(N(c3ccccc3)c3cccc(-c4cc5c(c6oc7ccccc7c46)-c4ccccc4C5(c4ccccc4)c4ccccc4)c3)cc2)cc1. The van der Waals surface area contributed by atoms with Crippen LogP contribution in [0, 0.1) is 0 Å². The third kappa shape index (κ3) is 5.18. The van der Waals surface area contributed by atoms with E-state index in [4.69, 9.17) is 4.42 Å². The van der Waals surface area contributed by atoms with Crippen molar-refractivity contribution in [3.8, 4) is 33.4 Å². The summed E-state index contributed by atoms with van der Waals surface area (Å²) in [5.74, 6) is 0. The summed E-state index contributed by atoms with van der Waals surface area (Å²) in [6.07, 6.45) is 0. The van der Waals surface area contributed by atoms with Crippen molar-refractivity contribution in [2.45, 2.75) is 5.41 Å². The van der Waals surface area contributed by atoms with Gasteiger partial charge in [-0.05, 0) is 98.6 Å². The lowest BCUT2D eigenvalue weighted by molar-refractivity contribution is 0.669. The van der Waals surface area contributed by atoms with Gasteiger partial charge in [-0.1, -0.05) is 176 Å². The molecule has 0 aliphatic heterocycles. The second-order valence-corrected chi connectivity index (χ2v) is 14.8. The second kappa shape index (κ2) is 13.4. The normalized spacial score (nSPS) is 12.7. The molecule has 1 aliphatic rings. The van der Waals surface area contributed by atoms with Crippen LogP contribution < -0.4 is 4.90 Å². The molecule has 268 valence electrons. The Hall–Kier alpha value is -7.42. The molecule has 57 heavy (non-hydrogen) atoms. The quantitative estimate of drug-likeness (QED) is 0.163. The Labute approximate surface area is 332 Å². The third-order valence-electron chi connectivity index (χ3n) is 11.7. The van der Waals surface area contributed by atoms with E-state index < -0.39 is 5.41 Å². The van der Waals surface area contributed by atoms with Gasteiger partial charge in [-0.25, -0.2) is 0 Å². The molecule has 10 aromatic rings. The summed E-state index contributed by atoms with van der Waals surface area (Å²) in [4.78, 5) is 2.35. The summed E-state index contributed by atoms with van der Waals surface area (Å²) in [5, 5.41) is 2.24. The van der Waals surface area contributed by atoms with E-state index in [1.54, 1.807) is 0 Å². The van der Waals surface area contributed by atoms with Gasteiger partial charge in [0.05, 0.1) is 5.41 Å². The average molecular weight is 728 g/mol. The van der Waals surface area contributed by atoms with Crippen molar-refractivity contribution >= 4 is 39.0 Å². The number of benzene rings is 9. The van der Waals surface area contributed by atoms with Gasteiger partial charge >= 0.3 is 0 Å². The Morgan fingerprint density at radius 1 is 0.368 bits per heavy atom. The Morgan fingerprint density at radius 2 is 0.912 bits per heavy atom. The molecule has 1 aliphatic carbocycles. The van der Waals surface area contributed by atoms with Gasteiger partial charge < -0.3 is 9.32 Å². The molecule has 9 aromatic carbocycles. The maximum Gasteiger partial charge on any atom is 0.144 e. The highest BCUT2D eigenvalue weighted by Gasteiger charge is 2.47. The van der Waals surface area contributed by atoms with Gasteiger partial charge in [-0.15, -0.1) is 0 Å². The summed E-state index contributed by atoms with van der Waals surface area (Å²) in [7, 11) is 0. The highest BCUT2D eigenvalue weighted by atomic mass is 16.3. The first-order chi connectivity index (χ1) is 28.3. The van der Waals surface area contributed by atoms with Crippen molar-refractivity contribution in [2.75, 3.05) is 4.90 Å².